The molecule has 1 aliphatic heterocycles. The number of pyridine rings is 2. The molecule has 3 heterocycles. The minimum atomic E-state index is -4.81. The fraction of sp³-hybridized carbons (Fsp3) is 0.339. The molecule has 3 fully saturated rings. The number of ether oxygens (including phenoxy) is 1. The van der Waals surface area contributed by atoms with Gasteiger partial charge in [-0.1, -0.05) is 83.9 Å². The summed E-state index contributed by atoms with van der Waals surface area (Å²) >= 11 is 12.0. The van der Waals surface area contributed by atoms with Crippen molar-refractivity contribution >= 4 is 49.2 Å². The second-order valence-corrected chi connectivity index (χ2v) is 19.6. The number of halogens is 10. The van der Waals surface area contributed by atoms with E-state index in [4.69, 9.17) is 27.9 Å². The van der Waals surface area contributed by atoms with Gasteiger partial charge in [-0.2, -0.15) is 26.3 Å². The Balaban J connectivity index is 0.000000297. The van der Waals surface area contributed by atoms with Gasteiger partial charge in [0.2, 0.25) is 11.8 Å². The molecule has 2 amide bonds. The molecular weight excluding hydrogens is 1070 g/mol. The summed E-state index contributed by atoms with van der Waals surface area (Å²) in [6, 6.07) is 28.1. The number of aliphatic hydroxyl groups excluding tert-OH is 1. The Labute approximate surface area is 476 Å². The standard InChI is InChI=1S/C26H23ClF4N2O2.C26H21ClF4N2O2.C4H8O.B.Na.H/c2*27-20-7-9-23(32-15-20)25(14-16-4-2-1-3-5-16,33-24(35)17-6-8-22(34)10-17)18-11-19(26(29,30)31)13-21(28)12-18;1-2-4-5-3-1;;;/h1-5,7,9,11-13,15,17,22,34H,6,8,10,14H2,(H,33,35);1-5,7,9,11-13,15,17H,6,8,10,14H2,(H,33,35);1-4H2;;;/q;;;;+1;-1/t17?,22?,25-;17?,25-;;;;/m00..../s1. The van der Waals surface area contributed by atoms with Crippen LogP contribution in [0.25, 0.3) is 0 Å². The number of nitrogens with one attached hydrogen (secondary N) is 2. The van der Waals surface area contributed by atoms with Crippen LogP contribution in [0.4, 0.5) is 35.1 Å². The summed E-state index contributed by atoms with van der Waals surface area (Å²) in [5.74, 6) is -4.40. The largest absolute Gasteiger partial charge is 1.00 e. The number of rotatable bonds is 12. The molecule has 6 aromatic rings. The number of hydrogen-bond donors (Lipinski definition) is 3. The minimum Gasteiger partial charge on any atom is -1.00 e. The monoisotopic (exact) mass is 1120 g/mol. The van der Waals surface area contributed by atoms with E-state index in [-0.39, 0.29) is 105 Å². The van der Waals surface area contributed by atoms with Crippen LogP contribution >= 0.6 is 23.2 Å². The van der Waals surface area contributed by atoms with Crippen LogP contribution in [-0.4, -0.2) is 60.4 Å². The first-order valence-corrected chi connectivity index (χ1v) is 24.9. The van der Waals surface area contributed by atoms with Crippen LogP contribution in [-0.2, 0) is 55.4 Å². The van der Waals surface area contributed by atoms with Crippen LogP contribution in [0.5, 0.6) is 0 Å². The van der Waals surface area contributed by atoms with Gasteiger partial charge in [-0.25, -0.2) is 8.78 Å². The van der Waals surface area contributed by atoms with E-state index >= 15 is 0 Å². The van der Waals surface area contributed by atoms with Crippen molar-refractivity contribution in [3.05, 3.63) is 200 Å². The average molecular weight is 1120 g/mol. The SMILES string of the molecule is C1CCOC1.O=C(N[C@@](Cc1ccccc1)(c1cc(F)cc(C(F)(F)F)c1)c1ccc(Cl)cn1)C1CCC(O)C1.O=C1CCC(C(=O)N[C@@](Cc2ccccc2)(c2cc(F)cc(C(F)(F)F)c2)c2ccc(Cl)cn2)C1.[B].[H-].[Na+]. The smallest absolute Gasteiger partial charge is 1.00 e. The summed E-state index contributed by atoms with van der Waals surface area (Å²) in [6.45, 7) is 2.00. The van der Waals surface area contributed by atoms with Gasteiger partial charge in [0, 0.05) is 71.5 Å². The zero-order chi connectivity index (χ0) is 54.0. The summed E-state index contributed by atoms with van der Waals surface area (Å²) in [7, 11) is 0. The maximum absolute atomic E-state index is 14.6. The maximum atomic E-state index is 14.6. The van der Waals surface area contributed by atoms with Gasteiger partial charge >= 0.3 is 41.9 Å². The van der Waals surface area contributed by atoms with E-state index in [1.807, 2.05) is 0 Å². The molecule has 9 nitrogen and oxygen atoms in total. The number of benzene rings is 4. The van der Waals surface area contributed by atoms with E-state index in [0.717, 1.165) is 37.5 Å². The van der Waals surface area contributed by atoms with Crippen LogP contribution in [0.1, 0.15) is 97.6 Å². The Morgan fingerprint density at radius 1 is 0.623 bits per heavy atom. The first-order chi connectivity index (χ1) is 35.6. The predicted molar refractivity (Wildman–Crippen MR) is 272 cm³/mol. The normalized spacial score (nSPS) is 18.6. The molecule has 2 aliphatic carbocycles. The Kier molecular flexibility index (Phi) is 22.4. The number of amides is 2. The van der Waals surface area contributed by atoms with Gasteiger partial charge in [0.1, 0.15) is 28.5 Å². The molecule has 2 saturated carbocycles. The summed E-state index contributed by atoms with van der Waals surface area (Å²) < 4.78 is 116. The second-order valence-electron chi connectivity index (χ2n) is 18.8. The molecule has 9 rings (SSSR count). The number of carbonyl (C=O) groups is 3. The third-order valence-electron chi connectivity index (χ3n) is 13.3. The Hall–Kier alpha value is -5.21. The molecular formula is C56H53BCl2F8N4NaO5. The summed E-state index contributed by atoms with van der Waals surface area (Å²) in [5, 5.41) is 16.3. The van der Waals surface area contributed by atoms with Crippen molar-refractivity contribution < 1.29 is 90.3 Å². The number of ketones is 1. The number of alkyl halides is 6. The molecule has 3 unspecified atom stereocenters. The number of nitrogens with zero attached hydrogens (tertiary/aromatic N) is 2. The van der Waals surface area contributed by atoms with E-state index in [2.05, 4.69) is 20.6 Å². The van der Waals surface area contributed by atoms with Gasteiger partial charge in [0.25, 0.3) is 0 Å². The van der Waals surface area contributed by atoms with E-state index in [9.17, 15) is 54.6 Å². The Morgan fingerprint density at radius 3 is 1.39 bits per heavy atom. The van der Waals surface area contributed by atoms with Crippen molar-refractivity contribution in [2.45, 2.75) is 93.7 Å². The zero-order valence-corrected chi connectivity index (χ0v) is 45.3. The predicted octanol–water partition coefficient (Wildman–Crippen LogP) is 9.05. The van der Waals surface area contributed by atoms with Gasteiger partial charge < -0.3 is 21.9 Å². The maximum Gasteiger partial charge on any atom is 1.00 e. The van der Waals surface area contributed by atoms with Gasteiger partial charge in [0.15, 0.2) is 0 Å². The first kappa shape index (κ1) is 62.6. The van der Waals surface area contributed by atoms with Gasteiger partial charge in [-0.05, 0) is 121 Å². The third-order valence-corrected chi connectivity index (χ3v) is 13.7. The van der Waals surface area contributed by atoms with Gasteiger partial charge in [-0.15, -0.1) is 0 Å². The van der Waals surface area contributed by atoms with Crippen molar-refractivity contribution in [3.8, 4) is 0 Å². The zero-order valence-electron chi connectivity index (χ0n) is 42.8. The van der Waals surface area contributed by atoms with Crippen molar-refractivity contribution in [1.82, 2.24) is 20.6 Å². The van der Waals surface area contributed by atoms with Crippen molar-refractivity contribution in [2.75, 3.05) is 13.2 Å². The molecule has 21 heteroatoms. The van der Waals surface area contributed by atoms with E-state index in [1.165, 1.54) is 49.5 Å². The number of Topliss-reactive ketones (excluding diaryl/α,β-unsaturated/α-hetero) is 1. The molecule has 0 spiro atoms. The minimum absolute atomic E-state index is 0. The third kappa shape index (κ3) is 16.7. The van der Waals surface area contributed by atoms with Gasteiger partial charge in [-0.3, -0.25) is 24.4 Å². The molecule has 401 valence electrons. The summed E-state index contributed by atoms with van der Waals surface area (Å²) in [6.07, 6.45) is -3.34. The quantitative estimate of drug-likeness (QED) is 0.0824. The van der Waals surface area contributed by atoms with Crippen LogP contribution in [0.15, 0.2) is 134 Å². The molecule has 2 aromatic heterocycles. The van der Waals surface area contributed by atoms with Crippen LogP contribution < -0.4 is 40.2 Å². The topological polar surface area (TPSA) is 131 Å². The van der Waals surface area contributed by atoms with E-state index in [0.29, 0.717) is 47.5 Å². The molecule has 0 bridgehead atoms. The molecule has 1 saturated heterocycles. The summed E-state index contributed by atoms with van der Waals surface area (Å²) in [4.78, 5) is 47.2. The van der Waals surface area contributed by atoms with Crippen LogP contribution in [0, 0.1) is 23.5 Å². The fourth-order valence-electron chi connectivity index (χ4n) is 9.47. The molecule has 77 heavy (non-hydrogen) atoms. The number of aliphatic hydroxyl groups is 1. The Bertz CT molecular complexity index is 2910. The molecule has 3 radical (unpaired) electrons. The molecule has 4 aromatic carbocycles. The van der Waals surface area contributed by atoms with Crippen molar-refractivity contribution in [2.24, 2.45) is 11.8 Å². The summed E-state index contributed by atoms with van der Waals surface area (Å²) in [5.41, 5.74) is -4.16. The van der Waals surface area contributed by atoms with E-state index in [1.54, 1.807) is 60.7 Å². The number of carbonyl (C=O) groups excluding carboxylic acids is 3. The number of hydrogen-bond acceptors (Lipinski definition) is 7. The molecule has 3 N–H and O–H groups in total. The molecule has 5 atom stereocenters. The van der Waals surface area contributed by atoms with Crippen LogP contribution in [0.2, 0.25) is 10.0 Å². The van der Waals surface area contributed by atoms with Crippen LogP contribution in [0.3, 0.4) is 0 Å². The van der Waals surface area contributed by atoms with Crippen molar-refractivity contribution in [1.29, 1.82) is 0 Å². The van der Waals surface area contributed by atoms with Crippen molar-refractivity contribution in [3.63, 3.8) is 0 Å². The molecule has 3 aliphatic rings. The van der Waals surface area contributed by atoms with Gasteiger partial charge in [0.05, 0.1) is 38.7 Å². The first-order valence-electron chi connectivity index (χ1n) is 24.1. The van der Waals surface area contributed by atoms with E-state index < -0.39 is 75.9 Å². The second kappa shape index (κ2) is 27.6. The Morgan fingerprint density at radius 2 is 1.05 bits per heavy atom. The average Bonchev–Trinajstić information content (AvgIpc) is 4.20. The fourth-order valence-corrected chi connectivity index (χ4v) is 9.69. The number of aromatic nitrogens is 2.